The fourth-order valence-corrected chi connectivity index (χ4v) is 3.95. The minimum absolute atomic E-state index is 0.229. The summed E-state index contributed by atoms with van der Waals surface area (Å²) in [5.74, 6) is 0.781. The number of ether oxygens (including phenoxy) is 1. The lowest BCUT2D eigenvalue weighted by Crippen LogP contribution is -2.13. The van der Waals surface area contributed by atoms with Gasteiger partial charge in [-0.25, -0.2) is 8.42 Å². The van der Waals surface area contributed by atoms with E-state index in [-0.39, 0.29) is 4.90 Å². The van der Waals surface area contributed by atoms with E-state index in [4.69, 9.17) is 4.74 Å². The van der Waals surface area contributed by atoms with E-state index in [0.29, 0.717) is 11.8 Å². The molecule has 1 aliphatic rings. The number of hydrogen-bond donors (Lipinski definition) is 1. The van der Waals surface area contributed by atoms with Crippen LogP contribution < -0.4 is 9.46 Å². The molecule has 0 bridgehead atoms. The Balaban J connectivity index is 1.68. The largest absolute Gasteiger partial charge is 0.490 e. The highest BCUT2D eigenvalue weighted by molar-refractivity contribution is 9.10. The van der Waals surface area contributed by atoms with Gasteiger partial charge in [-0.05, 0) is 74.2 Å². The summed E-state index contributed by atoms with van der Waals surface area (Å²) in [5.41, 5.74) is 0.520. The zero-order valence-corrected chi connectivity index (χ0v) is 14.9. The Kier molecular flexibility index (Phi) is 4.92. The van der Waals surface area contributed by atoms with Gasteiger partial charge in [0.2, 0.25) is 0 Å². The van der Waals surface area contributed by atoms with Crippen molar-refractivity contribution in [2.75, 3.05) is 4.72 Å². The second kappa shape index (κ2) is 6.93. The number of hydrogen-bond acceptors (Lipinski definition) is 3. The van der Waals surface area contributed by atoms with Gasteiger partial charge in [0.1, 0.15) is 5.75 Å². The van der Waals surface area contributed by atoms with Crippen LogP contribution in [-0.2, 0) is 10.0 Å². The van der Waals surface area contributed by atoms with Crippen molar-refractivity contribution < 1.29 is 13.2 Å². The van der Waals surface area contributed by atoms with Crippen LogP contribution in [0.5, 0.6) is 5.75 Å². The van der Waals surface area contributed by atoms with Crippen LogP contribution in [-0.4, -0.2) is 14.5 Å². The number of sulfonamides is 1. The number of nitrogens with one attached hydrogen (secondary N) is 1. The van der Waals surface area contributed by atoms with Gasteiger partial charge in [-0.2, -0.15) is 0 Å². The summed E-state index contributed by atoms with van der Waals surface area (Å²) in [7, 11) is -3.58. The van der Waals surface area contributed by atoms with E-state index < -0.39 is 10.0 Å². The smallest absolute Gasteiger partial charge is 0.261 e. The van der Waals surface area contributed by atoms with Crippen LogP contribution in [0.15, 0.2) is 57.9 Å². The van der Waals surface area contributed by atoms with Gasteiger partial charge in [0.05, 0.1) is 11.0 Å². The molecule has 6 heteroatoms. The first-order valence-corrected chi connectivity index (χ1v) is 9.86. The third-order valence-corrected chi connectivity index (χ3v) is 5.76. The predicted octanol–water partition coefficient (Wildman–Crippen LogP) is 4.57. The van der Waals surface area contributed by atoms with Gasteiger partial charge in [-0.15, -0.1) is 0 Å². The van der Waals surface area contributed by atoms with Crippen molar-refractivity contribution in [2.45, 2.75) is 36.7 Å². The van der Waals surface area contributed by atoms with Gasteiger partial charge >= 0.3 is 0 Å². The first kappa shape index (κ1) is 16.3. The van der Waals surface area contributed by atoms with Crippen LogP contribution in [0, 0.1) is 0 Å². The summed E-state index contributed by atoms with van der Waals surface area (Å²) in [5, 5.41) is 0. The fraction of sp³-hybridized carbons (Fsp3) is 0.294. The number of rotatable bonds is 5. The van der Waals surface area contributed by atoms with Gasteiger partial charge in [0.15, 0.2) is 0 Å². The zero-order chi connectivity index (χ0) is 16.3. The first-order valence-electron chi connectivity index (χ1n) is 7.58. The van der Waals surface area contributed by atoms with E-state index in [2.05, 4.69) is 20.7 Å². The summed E-state index contributed by atoms with van der Waals surface area (Å²) >= 11 is 3.29. The van der Waals surface area contributed by atoms with Gasteiger partial charge in [0.25, 0.3) is 10.0 Å². The molecule has 0 unspecified atom stereocenters. The molecule has 0 atom stereocenters. The lowest BCUT2D eigenvalue weighted by molar-refractivity contribution is 0.210. The number of halogens is 1. The average Bonchev–Trinajstić information content (AvgIpc) is 3.02. The summed E-state index contributed by atoms with van der Waals surface area (Å²) in [6.07, 6.45) is 4.92. The standard InChI is InChI=1S/C17H18BrNO3S/c18-13-5-11-17(12-6-13)23(20,21)19-14-7-9-16(10-8-14)22-15-3-1-2-4-15/h5-12,15,19H,1-4H2. The predicted molar refractivity (Wildman–Crippen MR) is 94.3 cm³/mol. The molecule has 0 heterocycles. The van der Waals surface area contributed by atoms with Crippen molar-refractivity contribution in [1.82, 2.24) is 0 Å². The van der Waals surface area contributed by atoms with Crippen LogP contribution >= 0.6 is 15.9 Å². The monoisotopic (exact) mass is 395 g/mol. The van der Waals surface area contributed by atoms with E-state index >= 15 is 0 Å². The van der Waals surface area contributed by atoms with Crippen molar-refractivity contribution >= 4 is 31.6 Å². The second-order valence-corrected chi connectivity index (χ2v) is 8.21. The molecule has 0 spiro atoms. The topological polar surface area (TPSA) is 55.4 Å². The molecule has 3 rings (SSSR count). The van der Waals surface area contributed by atoms with Crippen molar-refractivity contribution in [1.29, 1.82) is 0 Å². The Morgan fingerprint density at radius 2 is 1.57 bits per heavy atom. The number of anilines is 1. The molecule has 1 fully saturated rings. The van der Waals surface area contributed by atoms with Crippen molar-refractivity contribution in [3.05, 3.63) is 53.0 Å². The molecule has 0 radical (unpaired) electrons. The highest BCUT2D eigenvalue weighted by atomic mass is 79.9. The zero-order valence-electron chi connectivity index (χ0n) is 12.5. The lowest BCUT2D eigenvalue weighted by atomic mass is 10.3. The molecule has 0 saturated heterocycles. The summed E-state index contributed by atoms with van der Waals surface area (Å²) < 4.78 is 33.9. The SMILES string of the molecule is O=S(=O)(Nc1ccc(OC2CCCC2)cc1)c1ccc(Br)cc1. The van der Waals surface area contributed by atoms with Gasteiger partial charge in [-0.1, -0.05) is 15.9 Å². The first-order chi connectivity index (χ1) is 11.0. The Morgan fingerprint density at radius 3 is 2.17 bits per heavy atom. The third-order valence-electron chi connectivity index (χ3n) is 3.84. The van der Waals surface area contributed by atoms with E-state index in [9.17, 15) is 8.42 Å². The van der Waals surface area contributed by atoms with Crippen molar-refractivity contribution in [3.8, 4) is 5.75 Å². The molecule has 0 amide bonds. The minimum atomic E-state index is -3.58. The lowest BCUT2D eigenvalue weighted by Gasteiger charge is -2.14. The summed E-state index contributed by atoms with van der Waals surface area (Å²) in [6, 6.07) is 13.6. The van der Waals surface area contributed by atoms with E-state index in [1.807, 2.05) is 0 Å². The number of benzene rings is 2. The normalized spacial score (nSPS) is 15.5. The molecule has 4 nitrogen and oxygen atoms in total. The van der Waals surface area contributed by atoms with E-state index in [1.54, 1.807) is 48.5 Å². The van der Waals surface area contributed by atoms with Crippen molar-refractivity contribution in [3.63, 3.8) is 0 Å². The molecule has 1 N–H and O–H groups in total. The molecule has 1 saturated carbocycles. The summed E-state index contributed by atoms with van der Waals surface area (Å²) in [4.78, 5) is 0.229. The molecular formula is C17H18BrNO3S. The van der Waals surface area contributed by atoms with Crippen LogP contribution in [0.4, 0.5) is 5.69 Å². The van der Waals surface area contributed by atoms with Crippen LogP contribution in [0.3, 0.4) is 0 Å². The quantitative estimate of drug-likeness (QED) is 0.806. The molecule has 23 heavy (non-hydrogen) atoms. The van der Waals surface area contributed by atoms with Gasteiger partial charge in [0, 0.05) is 10.2 Å². The molecule has 2 aromatic rings. The molecule has 0 aliphatic heterocycles. The Labute approximate surface area is 145 Å². The van der Waals surface area contributed by atoms with Gasteiger partial charge in [-0.3, -0.25) is 4.72 Å². The van der Waals surface area contributed by atoms with Crippen LogP contribution in [0.1, 0.15) is 25.7 Å². The minimum Gasteiger partial charge on any atom is -0.490 e. The highest BCUT2D eigenvalue weighted by Crippen LogP contribution is 2.26. The highest BCUT2D eigenvalue weighted by Gasteiger charge is 2.17. The molecular weight excluding hydrogens is 378 g/mol. The Hall–Kier alpha value is -1.53. The average molecular weight is 396 g/mol. The van der Waals surface area contributed by atoms with Crippen LogP contribution in [0.25, 0.3) is 0 Å². The van der Waals surface area contributed by atoms with Crippen LogP contribution in [0.2, 0.25) is 0 Å². The van der Waals surface area contributed by atoms with E-state index in [1.165, 1.54) is 12.8 Å². The maximum atomic E-state index is 12.3. The molecule has 2 aromatic carbocycles. The Morgan fingerprint density at radius 1 is 0.957 bits per heavy atom. The molecule has 1 aliphatic carbocycles. The van der Waals surface area contributed by atoms with E-state index in [0.717, 1.165) is 23.1 Å². The summed E-state index contributed by atoms with van der Waals surface area (Å²) in [6.45, 7) is 0. The second-order valence-electron chi connectivity index (χ2n) is 5.61. The third kappa shape index (κ3) is 4.26. The maximum absolute atomic E-state index is 12.3. The molecule has 0 aromatic heterocycles. The molecule has 122 valence electrons. The fourth-order valence-electron chi connectivity index (χ4n) is 2.63. The van der Waals surface area contributed by atoms with Gasteiger partial charge < -0.3 is 4.74 Å². The maximum Gasteiger partial charge on any atom is 0.261 e. The van der Waals surface area contributed by atoms with Crippen molar-refractivity contribution in [2.24, 2.45) is 0 Å². The Bertz CT molecular complexity index is 751.